The van der Waals surface area contributed by atoms with E-state index in [1.165, 1.54) is 5.92 Å². The van der Waals surface area contributed by atoms with Crippen molar-refractivity contribution in [2.24, 2.45) is 11.8 Å². The lowest BCUT2D eigenvalue weighted by atomic mass is 9.79. The van der Waals surface area contributed by atoms with Crippen molar-refractivity contribution in [3.05, 3.63) is 41.5 Å². The van der Waals surface area contributed by atoms with Crippen molar-refractivity contribution in [2.45, 2.75) is 57.7 Å². The van der Waals surface area contributed by atoms with Crippen molar-refractivity contribution in [1.82, 2.24) is 0 Å². The number of alkyl halides is 5. The molecule has 0 spiro atoms. The van der Waals surface area contributed by atoms with Crippen molar-refractivity contribution < 1.29 is 35.5 Å². The number of hydrogen-bond acceptors (Lipinski definition) is 1. The molecule has 0 radical (unpaired) electrons. The molecule has 0 aliphatic heterocycles. The average molecular weight is 446 g/mol. The van der Waals surface area contributed by atoms with Crippen molar-refractivity contribution in [2.75, 3.05) is 0 Å². The molecular formula is C23H21F7O. The third kappa shape index (κ3) is 5.63. The van der Waals surface area contributed by atoms with Gasteiger partial charge in [0.1, 0.15) is 17.4 Å². The van der Waals surface area contributed by atoms with Gasteiger partial charge in [-0.25, -0.2) is 8.78 Å². The molecule has 0 bridgehead atoms. The summed E-state index contributed by atoms with van der Waals surface area (Å²) in [5, 5.41) is -0.365. The van der Waals surface area contributed by atoms with Crippen LogP contribution in [0.15, 0.2) is 24.3 Å². The topological polar surface area (TPSA) is 9.23 Å². The van der Waals surface area contributed by atoms with Gasteiger partial charge in [0.25, 0.3) is 0 Å². The second kappa shape index (κ2) is 8.97. The standard InChI is InChI=1S/C23H21F7O/c1-2-3-14-4-6-16(7-5-14)23(29,30)31-17-8-9-18-15(12-17)13-20(24)19(21(18)25)10-11-22(26,27)28/h8-9,12-14,16H,2-7H2,1H3. The lowest BCUT2D eigenvalue weighted by Gasteiger charge is -2.33. The summed E-state index contributed by atoms with van der Waals surface area (Å²) in [7, 11) is 0. The summed E-state index contributed by atoms with van der Waals surface area (Å²) >= 11 is 0. The summed E-state index contributed by atoms with van der Waals surface area (Å²) in [4.78, 5) is 0. The molecular weight excluding hydrogens is 425 g/mol. The van der Waals surface area contributed by atoms with Crippen LogP contribution < -0.4 is 4.74 Å². The lowest BCUT2D eigenvalue weighted by Crippen LogP contribution is -2.37. The number of ether oxygens (including phenoxy) is 1. The Bertz CT molecular complexity index is 993. The maximum absolute atomic E-state index is 14.6. The highest BCUT2D eigenvalue weighted by Crippen LogP contribution is 2.41. The molecule has 0 unspecified atom stereocenters. The summed E-state index contributed by atoms with van der Waals surface area (Å²) in [5.74, 6) is -1.13. The van der Waals surface area contributed by atoms with Crippen LogP contribution in [0.5, 0.6) is 5.75 Å². The first-order chi connectivity index (χ1) is 14.5. The predicted molar refractivity (Wildman–Crippen MR) is 103 cm³/mol. The van der Waals surface area contributed by atoms with Gasteiger partial charge in [0.05, 0.1) is 11.5 Å². The van der Waals surface area contributed by atoms with Gasteiger partial charge in [-0.05, 0) is 61.3 Å². The summed E-state index contributed by atoms with van der Waals surface area (Å²) in [6.07, 6.45) is -4.27. The zero-order chi connectivity index (χ0) is 22.8. The van der Waals surface area contributed by atoms with Crippen LogP contribution >= 0.6 is 0 Å². The number of halogens is 7. The lowest BCUT2D eigenvalue weighted by molar-refractivity contribution is -0.223. The molecule has 0 aromatic heterocycles. The fourth-order valence-electron chi connectivity index (χ4n) is 4.06. The third-order valence-corrected chi connectivity index (χ3v) is 5.60. The van der Waals surface area contributed by atoms with E-state index in [0.29, 0.717) is 31.6 Å². The van der Waals surface area contributed by atoms with Crippen LogP contribution in [0.2, 0.25) is 0 Å². The maximum atomic E-state index is 14.6. The smallest absolute Gasteiger partial charge is 0.432 e. The van der Waals surface area contributed by atoms with Gasteiger partial charge in [-0.1, -0.05) is 25.7 Å². The molecule has 0 amide bonds. The van der Waals surface area contributed by atoms with E-state index in [1.807, 2.05) is 0 Å². The number of rotatable bonds is 5. The highest BCUT2D eigenvalue weighted by molar-refractivity contribution is 5.86. The second-order valence-electron chi connectivity index (χ2n) is 7.85. The summed E-state index contributed by atoms with van der Waals surface area (Å²) < 4.78 is 99.5. The first-order valence-corrected chi connectivity index (χ1v) is 10.1. The first kappa shape index (κ1) is 23.2. The number of fused-ring (bicyclic) bond motifs is 1. The van der Waals surface area contributed by atoms with E-state index in [4.69, 9.17) is 4.74 Å². The molecule has 8 heteroatoms. The van der Waals surface area contributed by atoms with E-state index < -0.39 is 35.4 Å². The van der Waals surface area contributed by atoms with Gasteiger partial charge in [0.2, 0.25) is 0 Å². The van der Waals surface area contributed by atoms with E-state index in [2.05, 4.69) is 6.92 Å². The van der Waals surface area contributed by atoms with Crippen LogP contribution in [0.3, 0.4) is 0 Å². The Balaban J connectivity index is 1.82. The Morgan fingerprint density at radius 3 is 2.29 bits per heavy atom. The van der Waals surface area contributed by atoms with Gasteiger partial charge in [-0.3, -0.25) is 0 Å². The summed E-state index contributed by atoms with van der Waals surface area (Å²) in [5.41, 5.74) is -1.03. The molecule has 1 aliphatic rings. The first-order valence-electron chi connectivity index (χ1n) is 10.1. The molecule has 2 aromatic carbocycles. The quantitative estimate of drug-likeness (QED) is 0.339. The average Bonchev–Trinajstić information content (AvgIpc) is 2.67. The van der Waals surface area contributed by atoms with Crippen molar-refractivity contribution in [3.63, 3.8) is 0 Å². The van der Waals surface area contributed by atoms with Gasteiger partial charge >= 0.3 is 12.3 Å². The Morgan fingerprint density at radius 1 is 1.00 bits per heavy atom. The fourth-order valence-corrected chi connectivity index (χ4v) is 4.06. The Labute approximate surface area is 175 Å². The van der Waals surface area contributed by atoms with E-state index >= 15 is 0 Å². The highest BCUT2D eigenvalue weighted by Gasteiger charge is 2.43. The van der Waals surface area contributed by atoms with Gasteiger partial charge in [-0.15, -0.1) is 0 Å². The van der Waals surface area contributed by atoms with Crippen molar-refractivity contribution >= 4 is 10.8 Å². The second-order valence-corrected chi connectivity index (χ2v) is 7.85. The minimum atomic E-state index is -4.91. The number of hydrogen-bond donors (Lipinski definition) is 0. The summed E-state index contributed by atoms with van der Waals surface area (Å²) in [6.45, 7) is 2.06. The van der Waals surface area contributed by atoms with E-state index in [9.17, 15) is 30.7 Å². The Morgan fingerprint density at radius 2 is 1.68 bits per heavy atom. The Hall–Kier alpha value is -2.43. The fraction of sp³-hybridized carbons (Fsp3) is 0.478. The van der Waals surface area contributed by atoms with Crippen LogP contribution in [-0.2, 0) is 0 Å². The van der Waals surface area contributed by atoms with E-state index in [-0.39, 0.29) is 16.5 Å². The van der Waals surface area contributed by atoms with Gasteiger partial charge in [0.15, 0.2) is 0 Å². The zero-order valence-corrected chi connectivity index (χ0v) is 16.8. The Kier molecular flexibility index (Phi) is 6.73. The predicted octanol–water partition coefficient (Wildman–Crippen LogP) is 7.61. The normalized spacial score (nSPS) is 19.7. The van der Waals surface area contributed by atoms with Crippen molar-refractivity contribution in [1.29, 1.82) is 0 Å². The van der Waals surface area contributed by atoms with Crippen LogP contribution in [-0.4, -0.2) is 12.3 Å². The minimum Gasteiger partial charge on any atom is -0.432 e. The molecule has 168 valence electrons. The molecule has 0 saturated heterocycles. The zero-order valence-electron chi connectivity index (χ0n) is 16.8. The van der Waals surface area contributed by atoms with Gasteiger partial charge in [-0.2, -0.15) is 22.0 Å². The van der Waals surface area contributed by atoms with E-state index in [0.717, 1.165) is 43.0 Å². The van der Waals surface area contributed by atoms with Gasteiger partial charge in [0, 0.05) is 11.3 Å². The largest absolute Gasteiger partial charge is 0.458 e. The molecule has 0 atom stereocenters. The monoisotopic (exact) mass is 446 g/mol. The van der Waals surface area contributed by atoms with Crippen molar-refractivity contribution in [3.8, 4) is 17.6 Å². The molecule has 0 N–H and O–H groups in total. The summed E-state index contributed by atoms with van der Waals surface area (Å²) in [6, 6.07) is 3.94. The molecule has 1 saturated carbocycles. The maximum Gasteiger partial charge on any atom is 0.458 e. The third-order valence-electron chi connectivity index (χ3n) is 5.60. The van der Waals surface area contributed by atoms with Crippen LogP contribution in [0.25, 0.3) is 10.8 Å². The van der Waals surface area contributed by atoms with Crippen LogP contribution in [0.4, 0.5) is 30.7 Å². The molecule has 1 fully saturated rings. The molecule has 3 rings (SSSR count). The van der Waals surface area contributed by atoms with Crippen LogP contribution in [0, 0.1) is 35.3 Å². The molecule has 1 aliphatic carbocycles. The van der Waals surface area contributed by atoms with Crippen LogP contribution in [0.1, 0.15) is 51.0 Å². The van der Waals surface area contributed by atoms with Gasteiger partial charge < -0.3 is 4.74 Å². The molecule has 1 nitrogen and oxygen atoms in total. The highest BCUT2D eigenvalue weighted by atomic mass is 19.4. The molecule has 31 heavy (non-hydrogen) atoms. The number of benzene rings is 2. The molecule has 2 aromatic rings. The SMILES string of the molecule is CCCC1CCC(C(F)(F)Oc2ccc3c(F)c(C#CC(F)(F)F)c(F)cc3c2)CC1. The van der Waals surface area contributed by atoms with E-state index in [1.54, 1.807) is 0 Å². The molecule has 0 heterocycles. The minimum absolute atomic E-state index is 0.118.